The van der Waals surface area contributed by atoms with Gasteiger partial charge < -0.3 is 10.1 Å². The molecule has 2 aliphatic rings. The molecule has 2 atom stereocenters. The second-order valence-corrected chi connectivity index (χ2v) is 6.65. The smallest absolute Gasteiger partial charge is 0.0983 e. The van der Waals surface area contributed by atoms with Crippen LogP contribution in [0.3, 0.4) is 0 Å². The SMILES string of the molecule is CCC1CCC2(CC1)CNC(C)C(c1ccccc1)O2. The maximum absolute atomic E-state index is 6.64. The van der Waals surface area contributed by atoms with E-state index in [2.05, 4.69) is 49.5 Å². The van der Waals surface area contributed by atoms with Gasteiger partial charge in [-0.2, -0.15) is 0 Å². The molecule has 3 rings (SSSR count). The van der Waals surface area contributed by atoms with Gasteiger partial charge in [-0.3, -0.25) is 0 Å². The van der Waals surface area contributed by atoms with Crippen LogP contribution < -0.4 is 5.32 Å². The van der Waals surface area contributed by atoms with Gasteiger partial charge in [0.05, 0.1) is 11.7 Å². The van der Waals surface area contributed by atoms with Crippen LogP contribution in [0.15, 0.2) is 30.3 Å². The van der Waals surface area contributed by atoms with Crippen molar-refractivity contribution in [1.29, 1.82) is 0 Å². The summed E-state index contributed by atoms with van der Waals surface area (Å²) in [5, 5.41) is 3.70. The fourth-order valence-electron chi connectivity index (χ4n) is 3.77. The van der Waals surface area contributed by atoms with Crippen LogP contribution in [-0.2, 0) is 4.74 Å². The molecule has 2 heteroatoms. The van der Waals surface area contributed by atoms with Crippen LogP contribution >= 0.6 is 0 Å². The number of hydrogen-bond acceptors (Lipinski definition) is 2. The van der Waals surface area contributed by atoms with E-state index in [-0.39, 0.29) is 11.7 Å². The molecule has 0 aromatic heterocycles. The third-order valence-corrected chi connectivity index (χ3v) is 5.30. The van der Waals surface area contributed by atoms with Crippen molar-refractivity contribution in [3.8, 4) is 0 Å². The quantitative estimate of drug-likeness (QED) is 0.877. The minimum Gasteiger partial charge on any atom is -0.364 e. The molecule has 0 amide bonds. The molecule has 2 fully saturated rings. The lowest BCUT2D eigenvalue weighted by atomic mass is 9.76. The van der Waals surface area contributed by atoms with Crippen molar-refractivity contribution in [2.75, 3.05) is 6.54 Å². The van der Waals surface area contributed by atoms with Crippen LogP contribution in [0.25, 0.3) is 0 Å². The molecule has 1 spiro atoms. The van der Waals surface area contributed by atoms with Crippen molar-refractivity contribution in [2.45, 2.75) is 63.7 Å². The third-order valence-electron chi connectivity index (χ3n) is 5.30. The molecule has 1 heterocycles. The van der Waals surface area contributed by atoms with Crippen molar-refractivity contribution in [3.63, 3.8) is 0 Å². The molecule has 1 aliphatic carbocycles. The Bertz CT molecular complexity index is 422. The number of nitrogens with one attached hydrogen (secondary N) is 1. The van der Waals surface area contributed by atoms with E-state index < -0.39 is 0 Å². The van der Waals surface area contributed by atoms with Crippen LogP contribution in [0.5, 0.6) is 0 Å². The van der Waals surface area contributed by atoms with Gasteiger partial charge in [0.2, 0.25) is 0 Å². The number of ether oxygens (including phenoxy) is 1. The molecule has 0 radical (unpaired) electrons. The topological polar surface area (TPSA) is 21.3 Å². The molecule has 1 N–H and O–H groups in total. The van der Waals surface area contributed by atoms with Gasteiger partial charge in [-0.15, -0.1) is 0 Å². The summed E-state index contributed by atoms with van der Waals surface area (Å²) in [6.45, 7) is 5.58. The van der Waals surface area contributed by atoms with E-state index in [0.717, 1.165) is 12.5 Å². The van der Waals surface area contributed by atoms with E-state index in [9.17, 15) is 0 Å². The Balaban J connectivity index is 1.73. The summed E-state index contributed by atoms with van der Waals surface area (Å²) >= 11 is 0. The Labute approximate surface area is 122 Å². The second kappa shape index (κ2) is 5.87. The summed E-state index contributed by atoms with van der Waals surface area (Å²) in [4.78, 5) is 0. The molecule has 2 unspecified atom stereocenters. The van der Waals surface area contributed by atoms with Gasteiger partial charge in [0.25, 0.3) is 0 Å². The van der Waals surface area contributed by atoms with E-state index >= 15 is 0 Å². The van der Waals surface area contributed by atoms with Gasteiger partial charge >= 0.3 is 0 Å². The first-order valence-electron chi connectivity index (χ1n) is 8.18. The van der Waals surface area contributed by atoms with Gasteiger partial charge in [0.15, 0.2) is 0 Å². The van der Waals surface area contributed by atoms with Crippen LogP contribution in [0.1, 0.15) is 57.6 Å². The Morgan fingerprint density at radius 3 is 2.55 bits per heavy atom. The van der Waals surface area contributed by atoms with Crippen LogP contribution in [0.4, 0.5) is 0 Å². The number of rotatable bonds is 2. The highest BCUT2D eigenvalue weighted by Gasteiger charge is 2.42. The highest BCUT2D eigenvalue weighted by Crippen LogP contribution is 2.42. The highest BCUT2D eigenvalue weighted by atomic mass is 16.5. The predicted octanol–water partition coefficient (Wildman–Crippen LogP) is 4.08. The Hall–Kier alpha value is -0.860. The van der Waals surface area contributed by atoms with Crippen molar-refractivity contribution in [3.05, 3.63) is 35.9 Å². The maximum atomic E-state index is 6.64. The van der Waals surface area contributed by atoms with E-state index in [1.54, 1.807) is 0 Å². The zero-order chi connectivity index (χ0) is 14.0. The number of hydrogen-bond donors (Lipinski definition) is 1. The van der Waals surface area contributed by atoms with E-state index in [0.29, 0.717) is 6.04 Å². The summed E-state index contributed by atoms with van der Waals surface area (Å²) in [5.74, 6) is 0.916. The van der Waals surface area contributed by atoms with E-state index in [1.165, 1.54) is 37.7 Å². The molecule has 1 aliphatic heterocycles. The standard InChI is InChI=1S/C18H27NO/c1-3-15-9-11-18(12-10-15)13-19-14(2)17(20-18)16-7-5-4-6-8-16/h4-8,14-15,17,19H,3,9-13H2,1-2H3. The van der Waals surface area contributed by atoms with Crippen LogP contribution in [-0.4, -0.2) is 18.2 Å². The van der Waals surface area contributed by atoms with Crippen molar-refractivity contribution in [2.24, 2.45) is 5.92 Å². The molecule has 20 heavy (non-hydrogen) atoms. The largest absolute Gasteiger partial charge is 0.364 e. The average Bonchev–Trinajstić information content (AvgIpc) is 2.52. The lowest BCUT2D eigenvalue weighted by Crippen LogP contribution is -2.56. The predicted molar refractivity (Wildman–Crippen MR) is 82.7 cm³/mol. The van der Waals surface area contributed by atoms with Gasteiger partial charge in [-0.1, -0.05) is 43.7 Å². The lowest BCUT2D eigenvalue weighted by molar-refractivity contribution is -0.156. The monoisotopic (exact) mass is 273 g/mol. The van der Waals surface area contributed by atoms with Crippen molar-refractivity contribution in [1.82, 2.24) is 5.32 Å². The first-order chi connectivity index (χ1) is 9.72. The van der Waals surface area contributed by atoms with E-state index in [4.69, 9.17) is 4.74 Å². The normalized spacial score (nSPS) is 38.0. The molecule has 0 bridgehead atoms. The summed E-state index contributed by atoms with van der Waals surface area (Å²) in [7, 11) is 0. The Kier molecular flexibility index (Phi) is 4.13. The number of morpholine rings is 1. The van der Waals surface area contributed by atoms with Crippen molar-refractivity contribution >= 4 is 0 Å². The van der Waals surface area contributed by atoms with Gasteiger partial charge in [0, 0.05) is 12.6 Å². The summed E-state index contributed by atoms with van der Waals surface area (Å²) in [6, 6.07) is 11.1. The molecule has 2 nitrogen and oxygen atoms in total. The van der Waals surface area contributed by atoms with Crippen molar-refractivity contribution < 1.29 is 4.74 Å². The van der Waals surface area contributed by atoms with E-state index in [1.807, 2.05) is 0 Å². The van der Waals surface area contributed by atoms with Crippen LogP contribution in [0, 0.1) is 5.92 Å². The molecule has 1 aromatic carbocycles. The fourth-order valence-corrected chi connectivity index (χ4v) is 3.77. The van der Waals surface area contributed by atoms with Crippen LogP contribution in [0.2, 0.25) is 0 Å². The fraction of sp³-hybridized carbons (Fsp3) is 0.667. The van der Waals surface area contributed by atoms with Gasteiger partial charge in [0.1, 0.15) is 0 Å². The lowest BCUT2D eigenvalue weighted by Gasteiger charge is -2.48. The zero-order valence-corrected chi connectivity index (χ0v) is 12.8. The molecular formula is C18H27NO. The Morgan fingerprint density at radius 2 is 1.90 bits per heavy atom. The molecule has 1 saturated carbocycles. The summed E-state index contributed by atoms with van der Waals surface area (Å²) in [5.41, 5.74) is 1.39. The minimum absolute atomic E-state index is 0.0820. The van der Waals surface area contributed by atoms with Gasteiger partial charge in [-0.05, 0) is 44.1 Å². The summed E-state index contributed by atoms with van der Waals surface area (Å²) < 4.78 is 6.64. The second-order valence-electron chi connectivity index (χ2n) is 6.65. The molecule has 1 aromatic rings. The molecular weight excluding hydrogens is 246 g/mol. The number of benzene rings is 1. The minimum atomic E-state index is 0.0820. The average molecular weight is 273 g/mol. The first-order valence-corrected chi connectivity index (χ1v) is 8.18. The van der Waals surface area contributed by atoms with Gasteiger partial charge in [-0.25, -0.2) is 0 Å². The maximum Gasteiger partial charge on any atom is 0.0983 e. The Morgan fingerprint density at radius 1 is 1.20 bits per heavy atom. The third kappa shape index (κ3) is 2.77. The highest BCUT2D eigenvalue weighted by molar-refractivity contribution is 5.20. The molecule has 110 valence electrons. The zero-order valence-electron chi connectivity index (χ0n) is 12.8. The summed E-state index contributed by atoms with van der Waals surface area (Å²) in [6.07, 6.45) is 6.61. The first kappa shape index (κ1) is 14.1. The molecule has 1 saturated heterocycles.